The van der Waals surface area contributed by atoms with Crippen LogP contribution in [0.3, 0.4) is 0 Å². The highest BCUT2D eigenvalue weighted by Crippen LogP contribution is 2.45. The summed E-state index contributed by atoms with van der Waals surface area (Å²) in [4.78, 5) is 4.64. The summed E-state index contributed by atoms with van der Waals surface area (Å²) in [6, 6.07) is 76.3. The summed E-state index contributed by atoms with van der Waals surface area (Å²) < 4.78 is 0. The number of para-hydroxylation sites is 2. The zero-order valence-corrected chi connectivity index (χ0v) is 29.6. The predicted molar refractivity (Wildman–Crippen MR) is 226 cm³/mol. The van der Waals surface area contributed by atoms with E-state index in [1.807, 2.05) is 0 Å². The van der Waals surface area contributed by atoms with Gasteiger partial charge in [-0.2, -0.15) is 0 Å². The van der Waals surface area contributed by atoms with Crippen LogP contribution in [0.1, 0.15) is 5.56 Å². The molecule has 9 aromatic rings. The summed E-state index contributed by atoms with van der Waals surface area (Å²) in [5.74, 6) is 0. The minimum Gasteiger partial charge on any atom is -0.311 e. The van der Waals surface area contributed by atoms with E-state index in [0.717, 1.165) is 34.1 Å². The fraction of sp³-hybridized carbons (Fsp3) is 0.0196. The van der Waals surface area contributed by atoms with Crippen LogP contribution in [0.15, 0.2) is 212 Å². The van der Waals surface area contributed by atoms with Crippen molar-refractivity contribution >= 4 is 55.7 Å². The Labute approximate surface area is 311 Å². The van der Waals surface area contributed by atoms with Gasteiger partial charge in [0.2, 0.25) is 0 Å². The van der Waals surface area contributed by atoms with Crippen molar-refractivity contribution in [1.82, 2.24) is 0 Å². The Morgan fingerprint density at radius 1 is 0.245 bits per heavy atom. The van der Waals surface area contributed by atoms with E-state index in [2.05, 4.69) is 229 Å². The van der Waals surface area contributed by atoms with Crippen LogP contribution in [-0.2, 0) is 0 Å². The Hall–Kier alpha value is -6.90. The summed E-state index contributed by atoms with van der Waals surface area (Å²) >= 11 is 0. The van der Waals surface area contributed by atoms with Crippen molar-refractivity contribution in [3.63, 3.8) is 0 Å². The third-order valence-electron chi connectivity index (χ3n) is 10.1. The lowest BCUT2D eigenvalue weighted by molar-refractivity contribution is 1.25. The van der Waals surface area contributed by atoms with Crippen LogP contribution in [0.4, 0.5) is 34.1 Å². The first-order valence-corrected chi connectivity index (χ1v) is 18.2. The van der Waals surface area contributed by atoms with Gasteiger partial charge >= 0.3 is 0 Å². The molecule has 0 N–H and O–H groups in total. The molecule has 2 nitrogen and oxygen atoms in total. The van der Waals surface area contributed by atoms with Crippen LogP contribution >= 0.6 is 0 Å². The molecule has 9 rings (SSSR count). The molecule has 0 aliphatic heterocycles. The van der Waals surface area contributed by atoms with E-state index >= 15 is 0 Å². The predicted octanol–water partition coefficient (Wildman–Crippen LogP) is 14.6. The van der Waals surface area contributed by atoms with Gasteiger partial charge in [0.15, 0.2) is 0 Å². The lowest BCUT2D eigenvalue weighted by Crippen LogP contribution is -2.12. The smallest absolute Gasteiger partial charge is 0.0463 e. The van der Waals surface area contributed by atoms with E-state index in [1.54, 1.807) is 0 Å². The van der Waals surface area contributed by atoms with Crippen molar-refractivity contribution in [3.05, 3.63) is 218 Å². The maximum Gasteiger partial charge on any atom is 0.0463 e. The molecule has 0 radical (unpaired) electrons. The quantitative estimate of drug-likeness (QED) is 0.148. The monoisotopic (exact) mass is 678 g/mol. The van der Waals surface area contributed by atoms with Gasteiger partial charge in [0.25, 0.3) is 0 Å². The van der Waals surface area contributed by atoms with Gasteiger partial charge in [0.05, 0.1) is 0 Å². The first-order valence-electron chi connectivity index (χ1n) is 18.2. The first-order chi connectivity index (χ1) is 26.2. The Kier molecular flexibility index (Phi) is 8.47. The Morgan fingerprint density at radius 3 is 0.887 bits per heavy atom. The average molecular weight is 679 g/mol. The molecule has 0 unspecified atom stereocenters. The van der Waals surface area contributed by atoms with Crippen molar-refractivity contribution in [2.75, 3.05) is 9.80 Å². The molecule has 2 heteroatoms. The molecule has 0 saturated carbocycles. The summed E-state index contributed by atoms with van der Waals surface area (Å²) in [7, 11) is 0. The molecule has 0 aliphatic rings. The van der Waals surface area contributed by atoms with Crippen molar-refractivity contribution < 1.29 is 0 Å². The van der Waals surface area contributed by atoms with Gasteiger partial charge in [-0.15, -0.1) is 0 Å². The van der Waals surface area contributed by atoms with Crippen LogP contribution in [0.2, 0.25) is 0 Å². The number of rotatable bonds is 8. The topological polar surface area (TPSA) is 6.48 Å². The molecule has 0 heterocycles. The summed E-state index contributed by atoms with van der Waals surface area (Å²) in [5.41, 5.74) is 12.9. The normalized spacial score (nSPS) is 11.1. The number of fused-ring (bicyclic) bond motifs is 2. The molecule has 0 amide bonds. The van der Waals surface area contributed by atoms with Crippen molar-refractivity contribution in [1.29, 1.82) is 0 Å². The van der Waals surface area contributed by atoms with Crippen LogP contribution in [-0.4, -0.2) is 0 Å². The van der Waals surface area contributed by atoms with Gasteiger partial charge in [0, 0.05) is 34.1 Å². The van der Waals surface area contributed by atoms with Crippen molar-refractivity contribution in [2.24, 2.45) is 0 Å². The zero-order chi connectivity index (χ0) is 35.6. The van der Waals surface area contributed by atoms with Crippen LogP contribution < -0.4 is 9.80 Å². The number of hydrogen-bond acceptors (Lipinski definition) is 2. The van der Waals surface area contributed by atoms with E-state index in [4.69, 9.17) is 0 Å². The molecular formula is C51H38N2. The molecule has 9 aromatic carbocycles. The molecule has 0 spiro atoms. The zero-order valence-electron chi connectivity index (χ0n) is 29.6. The molecule has 0 aromatic heterocycles. The number of anilines is 6. The third-order valence-corrected chi connectivity index (χ3v) is 10.1. The summed E-state index contributed by atoms with van der Waals surface area (Å²) in [5, 5.41) is 5.03. The summed E-state index contributed by atoms with van der Waals surface area (Å²) in [6.45, 7) is 2.14. The Bertz CT molecular complexity index is 2540. The number of hydrogen-bond donors (Lipinski definition) is 0. The minimum absolute atomic E-state index is 1.09. The second-order valence-corrected chi connectivity index (χ2v) is 13.4. The second-order valence-electron chi connectivity index (χ2n) is 13.4. The van der Waals surface area contributed by atoms with E-state index in [-0.39, 0.29) is 0 Å². The summed E-state index contributed by atoms with van der Waals surface area (Å²) in [6.07, 6.45) is 0. The van der Waals surface area contributed by atoms with E-state index in [9.17, 15) is 0 Å². The van der Waals surface area contributed by atoms with Gasteiger partial charge in [-0.1, -0.05) is 145 Å². The highest BCUT2D eigenvalue weighted by molar-refractivity contribution is 6.21. The van der Waals surface area contributed by atoms with Gasteiger partial charge in [-0.25, -0.2) is 0 Å². The van der Waals surface area contributed by atoms with Crippen LogP contribution in [0, 0.1) is 6.92 Å². The van der Waals surface area contributed by atoms with Gasteiger partial charge in [0.1, 0.15) is 0 Å². The van der Waals surface area contributed by atoms with Crippen LogP contribution in [0.5, 0.6) is 0 Å². The minimum atomic E-state index is 1.09. The Balaban J connectivity index is 1.15. The first kappa shape index (κ1) is 32.0. The van der Waals surface area contributed by atoms with E-state index in [0.29, 0.717) is 0 Å². The fourth-order valence-electron chi connectivity index (χ4n) is 7.63. The second kappa shape index (κ2) is 14.0. The number of benzene rings is 9. The van der Waals surface area contributed by atoms with E-state index < -0.39 is 0 Å². The van der Waals surface area contributed by atoms with Gasteiger partial charge in [-0.3, -0.25) is 0 Å². The molecule has 252 valence electrons. The SMILES string of the molecule is Cc1ccc(N(c2ccc(-c3c4ccccc4c(-c4ccccc4)c4ccccc34)cc2)c2ccc(N(c3ccccc3)c3ccccc3)cc2)cc1. The molecule has 0 saturated heterocycles. The molecule has 0 fully saturated rings. The molecule has 53 heavy (non-hydrogen) atoms. The Morgan fingerprint density at radius 2 is 0.509 bits per heavy atom. The molecular weight excluding hydrogens is 641 g/mol. The lowest BCUT2D eigenvalue weighted by atomic mass is 9.86. The lowest BCUT2D eigenvalue weighted by Gasteiger charge is -2.28. The van der Waals surface area contributed by atoms with Gasteiger partial charge < -0.3 is 9.80 Å². The largest absolute Gasteiger partial charge is 0.311 e. The molecule has 0 bridgehead atoms. The average Bonchev–Trinajstić information content (AvgIpc) is 3.23. The third kappa shape index (κ3) is 6.11. The number of aryl methyl sites for hydroxylation is 1. The van der Waals surface area contributed by atoms with Crippen molar-refractivity contribution in [3.8, 4) is 22.3 Å². The van der Waals surface area contributed by atoms with Crippen molar-refractivity contribution in [2.45, 2.75) is 6.92 Å². The standard InChI is InChI=1S/C51H38N2/c1-37-25-29-42(30-26-37)53(45-35-33-44(34-36-45)52(40-17-7-3-8-18-40)41-19-9-4-10-20-41)43-31-27-39(28-32-43)51-48-23-13-11-21-46(48)50(38-15-5-2-6-16-38)47-22-12-14-24-49(47)51/h2-36H,1H3. The van der Waals surface area contributed by atoms with E-state index in [1.165, 1.54) is 49.4 Å². The maximum atomic E-state index is 2.34. The fourth-order valence-corrected chi connectivity index (χ4v) is 7.63. The highest BCUT2D eigenvalue weighted by atomic mass is 15.2. The number of nitrogens with zero attached hydrogens (tertiary/aromatic N) is 2. The maximum absolute atomic E-state index is 2.34. The molecule has 0 atom stereocenters. The van der Waals surface area contributed by atoms with Crippen LogP contribution in [0.25, 0.3) is 43.8 Å². The van der Waals surface area contributed by atoms with Gasteiger partial charge in [-0.05, 0) is 124 Å². The molecule has 0 aliphatic carbocycles. The highest BCUT2D eigenvalue weighted by Gasteiger charge is 2.19.